The molecule has 0 saturated heterocycles. The molecule has 7 heteroatoms. The third kappa shape index (κ3) is 7.52. The molecule has 7 nitrogen and oxygen atoms in total. The van der Waals surface area contributed by atoms with Gasteiger partial charge in [0.05, 0.1) is 40.0 Å². The highest BCUT2D eigenvalue weighted by molar-refractivity contribution is 6.14. The lowest BCUT2D eigenvalue weighted by atomic mass is 9.92. The molecule has 2 atom stereocenters. The van der Waals surface area contributed by atoms with Crippen LogP contribution in [0.25, 0.3) is 17.0 Å². The van der Waals surface area contributed by atoms with E-state index < -0.39 is 0 Å². The SMILES string of the molecule is N=C(C=C1[NH2+]C(c2ccc(C3=NC(c4ccc(-c5ccccn5)cc4)CC(c4ccc(C5=CCCC=N5)cc4)=N3)cc2)=NC2=CCCC=C21)C1C=CC=CC1. The highest BCUT2D eigenvalue weighted by Gasteiger charge is 2.28. The summed E-state index contributed by atoms with van der Waals surface area (Å²) in [6.07, 6.45) is 26.4. The summed E-state index contributed by atoms with van der Waals surface area (Å²) in [5, 5.41) is 11.0. The number of aliphatic imine (C=N–C) groups is 4. The number of hydrogen-bond acceptors (Lipinski definition) is 6. The number of hydrogen-bond donors (Lipinski definition) is 2. The summed E-state index contributed by atoms with van der Waals surface area (Å²) in [6.45, 7) is 0. The van der Waals surface area contributed by atoms with Gasteiger partial charge in [0, 0.05) is 47.7 Å². The molecule has 0 fully saturated rings. The number of rotatable bonds is 8. The number of pyridine rings is 1. The second kappa shape index (κ2) is 15.5. The fourth-order valence-corrected chi connectivity index (χ4v) is 7.60. The van der Waals surface area contributed by atoms with E-state index in [0.717, 1.165) is 105 Å². The molecule has 0 saturated carbocycles. The Morgan fingerprint density at radius 1 is 0.709 bits per heavy atom. The van der Waals surface area contributed by atoms with Crippen molar-refractivity contribution < 1.29 is 5.32 Å². The molecule has 0 amide bonds. The Morgan fingerprint density at radius 3 is 2.22 bits per heavy atom. The molecule has 268 valence electrons. The van der Waals surface area contributed by atoms with Gasteiger partial charge in [-0.2, -0.15) is 4.99 Å². The molecule has 1 aromatic heterocycles. The molecule has 0 spiro atoms. The van der Waals surface area contributed by atoms with Crippen LogP contribution >= 0.6 is 0 Å². The molecule has 9 rings (SSSR count). The summed E-state index contributed by atoms with van der Waals surface area (Å²) in [5.41, 5.74) is 13.2. The summed E-state index contributed by atoms with van der Waals surface area (Å²) < 4.78 is 0. The minimum atomic E-state index is -0.0951. The van der Waals surface area contributed by atoms with Crippen LogP contribution in [0.1, 0.15) is 72.4 Å². The topological polar surface area (TPSA) is 103 Å². The average molecular weight is 717 g/mol. The van der Waals surface area contributed by atoms with Crippen LogP contribution in [-0.2, 0) is 0 Å². The van der Waals surface area contributed by atoms with E-state index in [0.29, 0.717) is 18.0 Å². The smallest absolute Gasteiger partial charge is 0.237 e. The molecule has 55 heavy (non-hydrogen) atoms. The van der Waals surface area contributed by atoms with Gasteiger partial charge in [0.15, 0.2) is 5.84 Å². The maximum absolute atomic E-state index is 8.90. The summed E-state index contributed by atoms with van der Waals surface area (Å²) in [5.74, 6) is 1.71. The number of benzene rings is 3. The van der Waals surface area contributed by atoms with E-state index in [9.17, 15) is 0 Å². The number of aromatic nitrogens is 1. The first-order valence-corrected chi connectivity index (χ1v) is 19.2. The van der Waals surface area contributed by atoms with Gasteiger partial charge >= 0.3 is 0 Å². The van der Waals surface area contributed by atoms with Crippen LogP contribution in [0.2, 0.25) is 0 Å². The second-order valence-electron chi connectivity index (χ2n) is 14.3. The minimum absolute atomic E-state index is 0.0925. The quantitative estimate of drug-likeness (QED) is 0.175. The van der Waals surface area contributed by atoms with Crippen LogP contribution in [0.5, 0.6) is 0 Å². The van der Waals surface area contributed by atoms with Crippen molar-refractivity contribution in [2.45, 2.75) is 44.6 Å². The number of nitrogens with one attached hydrogen (secondary N) is 1. The maximum atomic E-state index is 8.90. The predicted molar refractivity (Wildman–Crippen MR) is 225 cm³/mol. The Hall–Kier alpha value is -6.44. The first-order valence-electron chi connectivity index (χ1n) is 19.2. The lowest BCUT2D eigenvalue weighted by Gasteiger charge is -2.22. The van der Waals surface area contributed by atoms with Gasteiger partial charge in [0.1, 0.15) is 5.70 Å². The van der Waals surface area contributed by atoms with E-state index in [1.54, 1.807) is 0 Å². The number of amidine groups is 2. The van der Waals surface area contributed by atoms with Crippen molar-refractivity contribution in [3.05, 3.63) is 191 Å². The van der Waals surface area contributed by atoms with Crippen molar-refractivity contribution in [2.75, 3.05) is 0 Å². The Kier molecular flexibility index (Phi) is 9.68. The zero-order valence-corrected chi connectivity index (χ0v) is 30.6. The number of fused-ring (bicyclic) bond motifs is 1. The van der Waals surface area contributed by atoms with Crippen LogP contribution < -0.4 is 5.32 Å². The molecule has 3 aliphatic heterocycles. The highest BCUT2D eigenvalue weighted by Crippen LogP contribution is 2.32. The number of nitrogens with two attached hydrogens (primary N) is 1. The molecule has 5 aliphatic rings. The predicted octanol–water partition coefficient (Wildman–Crippen LogP) is 9.30. The van der Waals surface area contributed by atoms with Crippen molar-refractivity contribution in [1.82, 2.24) is 4.98 Å². The van der Waals surface area contributed by atoms with E-state index in [1.165, 1.54) is 0 Å². The lowest BCUT2D eigenvalue weighted by Crippen LogP contribution is -2.87. The molecular formula is C48H42N7+. The van der Waals surface area contributed by atoms with Crippen molar-refractivity contribution in [1.29, 1.82) is 5.41 Å². The Balaban J connectivity index is 1.02. The molecule has 0 radical (unpaired) electrons. The molecule has 2 unspecified atom stereocenters. The molecule has 3 N–H and O–H groups in total. The van der Waals surface area contributed by atoms with Gasteiger partial charge in [0.25, 0.3) is 0 Å². The first kappa shape index (κ1) is 34.3. The van der Waals surface area contributed by atoms with E-state index in [4.69, 9.17) is 20.4 Å². The van der Waals surface area contributed by atoms with Gasteiger partial charge in [-0.15, -0.1) is 0 Å². The molecular weight excluding hydrogens is 675 g/mol. The second-order valence-corrected chi connectivity index (χ2v) is 14.3. The summed E-state index contributed by atoms with van der Waals surface area (Å²) in [7, 11) is 0. The van der Waals surface area contributed by atoms with Crippen LogP contribution in [0.4, 0.5) is 0 Å². The summed E-state index contributed by atoms with van der Waals surface area (Å²) >= 11 is 0. The molecule has 2 aliphatic carbocycles. The lowest BCUT2D eigenvalue weighted by molar-refractivity contribution is -0.480. The monoisotopic (exact) mass is 716 g/mol. The Morgan fingerprint density at radius 2 is 1.45 bits per heavy atom. The largest absolute Gasteiger partial charge is 0.304 e. The average Bonchev–Trinajstić information content (AvgIpc) is 3.27. The van der Waals surface area contributed by atoms with E-state index in [1.807, 2.05) is 42.8 Å². The fraction of sp³-hybridized carbons (Fsp3) is 0.167. The normalized spacial score (nSPS) is 21.1. The zero-order chi connectivity index (χ0) is 37.0. The van der Waals surface area contributed by atoms with Crippen molar-refractivity contribution in [3.63, 3.8) is 0 Å². The summed E-state index contributed by atoms with van der Waals surface area (Å²) in [4.78, 5) is 24.7. The maximum Gasteiger partial charge on any atom is 0.237 e. The molecule has 4 heterocycles. The van der Waals surface area contributed by atoms with Gasteiger partial charge in [0.2, 0.25) is 5.84 Å². The number of quaternary nitrogens is 1. The van der Waals surface area contributed by atoms with E-state index in [2.05, 4.69) is 125 Å². The van der Waals surface area contributed by atoms with Gasteiger partial charge in [-0.25, -0.2) is 4.99 Å². The summed E-state index contributed by atoms with van der Waals surface area (Å²) in [6, 6.07) is 31.6. The number of nitrogens with zero attached hydrogens (tertiary/aromatic N) is 5. The molecule has 3 aromatic carbocycles. The van der Waals surface area contributed by atoms with E-state index >= 15 is 0 Å². The Bertz CT molecular complexity index is 2430. The van der Waals surface area contributed by atoms with Gasteiger partial charge < -0.3 is 5.41 Å². The Labute approximate surface area is 322 Å². The molecule has 4 aromatic rings. The van der Waals surface area contributed by atoms with Gasteiger partial charge in [-0.1, -0.05) is 109 Å². The molecule has 0 bridgehead atoms. The van der Waals surface area contributed by atoms with Crippen molar-refractivity contribution >= 4 is 35.0 Å². The van der Waals surface area contributed by atoms with Crippen LogP contribution in [0.15, 0.2) is 183 Å². The standard InChI is InChI=1S/C48H41N7/c49-40(32-10-2-1-3-11-32)30-46-39-12-4-5-15-43(39)52-47(55-46)37-24-26-38(27-25-37)48-53-44(35-20-16-33(17-21-35)41-13-6-8-28-50-41)31-45(54-48)36-22-18-34(19-23-36)42-14-7-9-29-51-42/h1-3,6,8,10,12-30,32,44,49H,4-5,7,9,11,31H2,(H,52,55)/p+1. The zero-order valence-electron chi connectivity index (χ0n) is 30.6. The minimum Gasteiger partial charge on any atom is -0.304 e. The fourth-order valence-electron chi connectivity index (χ4n) is 7.60. The third-order valence-corrected chi connectivity index (χ3v) is 10.6. The van der Waals surface area contributed by atoms with Crippen molar-refractivity contribution in [3.8, 4) is 11.3 Å². The third-order valence-electron chi connectivity index (χ3n) is 10.6. The van der Waals surface area contributed by atoms with Crippen LogP contribution in [0, 0.1) is 11.3 Å². The van der Waals surface area contributed by atoms with Gasteiger partial charge in [-0.3, -0.25) is 20.3 Å². The van der Waals surface area contributed by atoms with Gasteiger partial charge in [-0.05, 0) is 73.1 Å². The van der Waals surface area contributed by atoms with E-state index in [-0.39, 0.29) is 12.0 Å². The highest BCUT2D eigenvalue weighted by atomic mass is 15.0. The van der Waals surface area contributed by atoms with Crippen molar-refractivity contribution in [2.24, 2.45) is 25.9 Å². The van der Waals surface area contributed by atoms with Crippen LogP contribution in [-0.4, -0.2) is 34.3 Å². The van der Waals surface area contributed by atoms with Crippen LogP contribution in [0.3, 0.4) is 0 Å². The first-order chi connectivity index (χ1) is 27.1. The number of allylic oxidation sites excluding steroid dienone is 8.